The summed E-state index contributed by atoms with van der Waals surface area (Å²) in [6.45, 7) is 2.25. The highest BCUT2D eigenvalue weighted by atomic mass is 19.1. The zero-order chi connectivity index (χ0) is 23.4. The van der Waals surface area contributed by atoms with Crippen LogP contribution in [0.4, 0.5) is 4.39 Å². The molecule has 0 amide bonds. The van der Waals surface area contributed by atoms with Crippen LogP contribution in [0.2, 0.25) is 0 Å². The van der Waals surface area contributed by atoms with Crippen molar-refractivity contribution >= 4 is 0 Å². The number of aliphatic hydroxyl groups is 1. The van der Waals surface area contributed by atoms with Gasteiger partial charge in [0.2, 0.25) is 0 Å². The average molecular weight is 449 g/mol. The van der Waals surface area contributed by atoms with Crippen LogP contribution in [-0.4, -0.2) is 29.7 Å². The summed E-state index contributed by atoms with van der Waals surface area (Å²) in [6.07, 6.45) is 4.27. The van der Waals surface area contributed by atoms with Crippen LogP contribution in [0.1, 0.15) is 24.6 Å². The van der Waals surface area contributed by atoms with Crippen LogP contribution in [0.3, 0.4) is 0 Å². The Morgan fingerprint density at radius 2 is 1.94 bits per heavy atom. The van der Waals surface area contributed by atoms with Gasteiger partial charge in [0.15, 0.2) is 0 Å². The molecule has 0 saturated carbocycles. The van der Waals surface area contributed by atoms with Gasteiger partial charge in [0.1, 0.15) is 11.4 Å². The quantitative estimate of drug-likeness (QED) is 0.430. The van der Waals surface area contributed by atoms with Gasteiger partial charge in [-0.05, 0) is 48.6 Å². The standard InChI is InChI=1S/C24H24FN5O3/c1-24(33,21-10-3-2-9-20(21)17-6-4-7-18(25)14-17)16-30-19(15-26-28-30)8-5-12-29-13-11-22(31)27-23(29)32/h2-4,6-7,9-11,13-15,33H,5,8,12,16H2,1H3,(H,27,31,32)/t24-/m1/s1. The minimum Gasteiger partial charge on any atom is -0.383 e. The first-order valence-corrected chi connectivity index (χ1v) is 10.6. The Bertz CT molecular complexity index is 1370. The number of nitrogens with one attached hydrogen (secondary N) is 1. The Labute approximate surface area is 189 Å². The maximum Gasteiger partial charge on any atom is 0.328 e. The third kappa shape index (κ3) is 5.15. The lowest BCUT2D eigenvalue weighted by Crippen LogP contribution is -2.30. The zero-order valence-electron chi connectivity index (χ0n) is 18.1. The van der Waals surface area contributed by atoms with Gasteiger partial charge in [-0.25, -0.2) is 13.9 Å². The van der Waals surface area contributed by atoms with Crippen LogP contribution in [-0.2, 0) is 25.1 Å². The van der Waals surface area contributed by atoms with Gasteiger partial charge in [0.25, 0.3) is 5.56 Å². The number of benzene rings is 2. The molecule has 4 aromatic rings. The summed E-state index contributed by atoms with van der Waals surface area (Å²) in [5.74, 6) is -0.345. The number of hydrogen-bond acceptors (Lipinski definition) is 5. The molecule has 9 heteroatoms. The average Bonchev–Trinajstić information content (AvgIpc) is 3.21. The second kappa shape index (κ2) is 9.33. The van der Waals surface area contributed by atoms with Crippen molar-refractivity contribution < 1.29 is 9.50 Å². The molecule has 0 saturated heterocycles. The van der Waals surface area contributed by atoms with Gasteiger partial charge in [0.05, 0.1) is 18.4 Å². The summed E-state index contributed by atoms with van der Waals surface area (Å²) in [5, 5.41) is 19.5. The predicted octanol–water partition coefficient (Wildman–Crippen LogP) is 2.47. The molecular formula is C24H24FN5O3. The summed E-state index contributed by atoms with van der Waals surface area (Å²) >= 11 is 0. The molecule has 0 fully saturated rings. The van der Waals surface area contributed by atoms with Crippen LogP contribution in [0.5, 0.6) is 0 Å². The molecule has 0 aliphatic carbocycles. The van der Waals surface area contributed by atoms with Crippen LogP contribution in [0, 0.1) is 5.82 Å². The Hall–Kier alpha value is -3.85. The normalized spacial score (nSPS) is 13.1. The molecule has 8 nitrogen and oxygen atoms in total. The van der Waals surface area contributed by atoms with Gasteiger partial charge in [0, 0.05) is 18.8 Å². The van der Waals surface area contributed by atoms with Crippen molar-refractivity contribution in [1.29, 1.82) is 0 Å². The number of nitrogens with zero attached hydrogens (tertiary/aromatic N) is 4. The third-order valence-corrected chi connectivity index (χ3v) is 5.53. The second-order valence-corrected chi connectivity index (χ2v) is 8.12. The Kier molecular flexibility index (Phi) is 6.32. The molecule has 2 heterocycles. The summed E-state index contributed by atoms with van der Waals surface area (Å²) in [4.78, 5) is 25.3. The number of aromatic nitrogens is 5. The molecule has 0 unspecified atom stereocenters. The molecule has 170 valence electrons. The van der Waals surface area contributed by atoms with E-state index in [2.05, 4.69) is 15.3 Å². The Morgan fingerprint density at radius 1 is 1.12 bits per heavy atom. The maximum absolute atomic E-state index is 13.8. The number of aromatic amines is 1. The number of hydrogen-bond donors (Lipinski definition) is 2. The van der Waals surface area contributed by atoms with Crippen molar-refractivity contribution in [3.05, 3.63) is 105 Å². The zero-order valence-corrected chi connectivity index (χ0v) is 18.1. The molecule has 0 spiro atoms. The molecule has 4 rings (SSSR count). The van der Waals surface area contributed by atoms with Crippen molar-refractivity contribution in [3.8, 4) is 11.1 Å². The van der Waals surface area contributed by atoms with E-state index in [0.717, 1.165) is 11.3 Å². The molecule has 0 radical (unpaired) electrons. The molecular weight excluding hydrogens is 425 g/mol. The van der Waals surface area contributed by atoms with E-state index < -0.39 is 16.9 Å². The van der Waals surface area contributed by atoms with E-state index in [-0.39, 0.29) is 12.4 Å². The first-order chi connectivity index (χ1) is 15.8. The monoisotopic (exact) mass is 449 g/mol. The first-order valence-electron chi connectivity index (χ1n) is 10.6. The smallest absolute Gasteiger partial charge is 0.328 e. The first kappa shape index (κ1) is 22.3. The predicted molar refractivity (Wildman–Crippen MR) is 121 cm³/mol. The van der Waals surface area contributed by atoms with E-state index in [1.165, 1.54) is 29.0 Å². The van der Waals surface area contributed by atoms with Gasteiger partial charge in [-0.3, -0.25) is 9.78 Å². The van der Waals surface area contributed by atoms with E-state index in [9.17, 15) is 19.1 Å². The van der Waals surface area contributed by atoms with Crippen LogP contribution in [0.15, 0.2) is 76.6 Å². The summed E-state index contributed by atoms with van der Waals surface area (Å²) in [6, 6.07) is 14.9. The molecule has 0 bridgehead atoms. The second-order valence-electron chi connectivity index (χ2n) is 8.12. The van der Waals surface area contributed by atoms with Crippen molar-refractivity contribution in [1.82, 2.24) is 24.5 Å². The third-order valence-electron chi connectivity index (χ3n) is 5.53. The minimum absolute atomic E-state index is 0.146. The number of H-pyrrole nitrogens is 1. The minimum atomic E-state index is -1.30. The molecule has 2 aromatic heterocycles. The fourth-order valence-corrected chi connectivity index (χ4v) is 3.89. The lowest BCUT2D eigenvalue weighted by atomic mass is 9.88. The van der Waals surface area contributed by atoms with Crippen LogP contribution >= 0.6 is 0 Å². The fraction of sp³-hybridized carbons (Fsp3) is 0.250. The topological polar surface area (TPSA) is 106 Å². The molecule has 2 aromatic carbocycles. The molecule has 2 N–H and O–H groups in total. The SMILES string of the molecule is C[C@@](O)(Cn1nncc1CCCn1ccc(=O)[nH]c1=O)c1ccccc1-c1cccc(F)c1. The number of rotatable bonds is 8. The van der Waals surface area contributed by atoms with Crippen LogP contribution < -0.4 is 11.2 Å². The maximum atomic E-state index is 13.8. The van der Waals surface area contributed by atoms with Gasteiger partial charge in [-0.1, -0.05) is 41.6 Å². The van der Waals surface area contributed by atoms with Crippen LogP contribution in [0.25, 0.3) is 11.1 Å². The molecule has 33 heavy (non-hydrogen) atoms. The van der Waals surface area contributed by atoms with E-state index >= 15 is 0 Å². The van der Waals surface area contributed by atoms with Crippen molar-refractivity contribution in [2.24, 2.45) is 0 Å². The fourth-order valence-electron chi connectivity index (χ4n) is 3.89. The Balaban J connectivity index is 1.52. The van der Waals surface area contributed by atoms with Gasteiger partial charge in [-0.15, -0.1) is 5.10 Å². The van der Waals surface area contributed by atoms with Crippen molar-refractivity contribution in [2.75, 3.05) is 0 Å². The number of halogens is 1. The van der Waals surface area contributed by atoms with Gasteiger partial charge >= 0.3 is 5.69 Å². The molecule has 0 aliphatic rings. The highest BCUT2D eigenvalue weighted by Gasteiger charge is 2.28. The Morgan fingerprint density at radius 3 is 2.73 bits per heavy atom. The summed E-state index contributed by atoms with van der Waals surface area (Å²) in [5.41, 5.74) is 0.677. The van der Waals surface area contributed by atoms with Gasteiger partial charge < -0.3 is 9.67 Å². The van der Waals surface area contributed by atoms with Crippen molar-refractivity contribution in [2.45, 2.75) is 38.5 Å². The highest BCUT2D eigenvalue weighted by molar-refractivity contribution is 5.68. The lowest BCUT2D eigenvalue weighted by molar-refractivity contribution is 0.0337. The van der Waals surface area contributed by atoms with E-state index in [0.29, 0.717) is 30.5 Å². The van der Waals surface area contributed by atoms with Gasteiger partial charge in [-0.2, -0.15) is 0 Å². The van der Waals surface area contributed by atoms with Crippen molar-refractivity contribution in [3.63, 3.8) is 0 Å². The molecule has 0 aliphatic heterocycles. The lowest BCUT2D eigenvalue weighted by Gasteiger charge is -2.27. The largest absolute Gasteiger partial charge is 0.383 e. The van der Waals surface area contributed by atoms with E-state index in [1.807, 2.05) is 24.3 Å². The van der Waals surface area contributed by atoms with E-state index in [4.69, 9.17) is 0 Å². The highest BCUT2D eigenvalue weighted by Crippen LogP contribution is 2.33. The number of aryl methyl sites for hydroxylation is 2. The molecule has 1 atom stereocenters. The summed E-state index contributed by atoms with van der Waals surface area (Å²) in [7, 11) is 0. The van der Waals surface area contributed by atoms with E-state index in [1.54, 1.807) is 29.9 Å². The summed E-state index contributed by atoms with van der Waals surface area (Å²) < 4.78 is 16.9.